The quantitative estimate of drug-likeness (QED) is 0.540. The number of nitrogens with zero attached hydrogens (tertiary/aromatic N) is 2. The molecule has 0 spiro atoms. The molecule has 1 aromatic rings. The summed E-state index contributed by atoms with van der Waals surface area (Å²) in [6.07, 6.45) is 5.85. The van der Waals surface area contributed by atoms with Crippen LogP contribution in [-0.4, -0.2) is 50.1 Å². The smallest absolute Gasteiger partial charge is 0.191 e. The Kier molecular flexibility index (Phi) is 7.11. The van der Waals surface area contributed by atoms with Crippen molar-refractivity contribution in [3.8, 4) is 0 Å². The van der Waals surface area contributed by atoms with Crippen LogP contribution >= 0.6 is 0 Å². The Bertz CT molecular complexity index is 618. The van der Waals surface area contributed by atoms with Crippen molar-refractivity contribution in [3.05, 3.63) is 35.6 Å². The molecule has 5 heteroatoms. The van der Waals surface area contributed by atoms with E-state index in [0.29, 0.717) is 6.54 Å². The Labute approximate surface area is 163 Å². The van der Waals surface area contributed by atoms with Gasteiger partial charge in [0.25, 0.3) is 0 Å². The summed E-state index contributed by atoms with van der Waals surface area (Å²) in [4.78, 5) is 7.33. The SMILES string of the molecule is CCNC(=NCC1(c2ccccc2F)CC1)NCCC1CCN(CC)CC1. The number of hydrogen-bond donors (Lipinski definition) is 2. The van der Waals surface area contributed by atoms with Crippen molar-refractivity contribution in [2.75, 3.05) is 39.3 Å². The molecular weight excluding hydrogens is 339 g/mol. The van der Waals surface area contributed by atoms with E-state index in [0.717, 1.165) is 43.4 Å². The maximum absolute atomic E-state index is 14.2. The molecule has 0 atom stereocenters. The van der Waals surface area contributed by atoms with E-state index in [4.69, 9.17) is 4.99 Å². The molecule has 2 aliphatic rings. The van der Waals surface area contributed by atoms with Gasteiger partial charge < -0.3 is 15.5 Å². The van der Waals surface area contributed by atoms with Crippen LogP contribution < -0.4 is 10.6 Å². The van der Waals surface area contributed by atoms with Crippen LogP contribution in [0.5, 0.6) is 0 Å². The van der Waals surface area contributed by atoms with E-state index in [9.17, 15) is 4.39 Å². The van der Waals surface area contributed by atoms with Crippen LogP contribution in [0, 0.1) is 11.7 Å². The highest BCUT2D eigenvalue weighted by Crippen LogP contribution is 2.49. The van der Waals surface area contributed by atoms with E-state index >= 15 is 0 Å². The molecular formula is C22H35FN4. The predicted octanol–water partition coefficient (Wildman–Crippen LogP) is 3.53. The molecule has 1 heterocycles. The second-order valence-electron chi connectivity index (χ2n) is 8.05. The van der Waals surface area contributed by atoms with E-state index in [-0.39, 0.29) is 11.2 Å². The van der Waals surface area contributed by atoms with E-state index in [1.165, 1.54) is 38.9 Å². The molecule has 0 radical (unpaired) electrons. The number of likely N-dealkylation sites (tertiary alicyclic amines) is 1. The standard InChI is InChI=1S/C22H35FN4/c1-3-24-21(25-14-9-18-10-15-27(4-2)16-11-18)26-17-22(12-13-22)19-7-5-6-8-20(19)23/h5-8,18H,3-4,9-17H2,1-2H3,(H2,24,25,26). The summed E-state index contributed by atoms with van der Waals surface area (Å²) in [5.74, 6) is 1.59. The molecule has 27 heavy (non-hydrogen) atoms. The average Bonchev–Trinajstić information content (AvgIpc) is 3.48. The fourth-order valence-corrected chi connectivity index (χ4v) is 4.11. The van der Waals surface area contributed by atoms with E-state index in [1.807, 2.05) is 12.1 Å². The van der Waals surface area contributed by atoms with Gasteiger partial charge in [-0.15, -0.1) is 0 Å². The van der Waals surface area contributed by atoms with Crippen molar-refractivity contribution in [3.63, 3.8) is 0 Å². The van der Waals surface area contributed by atoms with Gasteiger partial charge in [-0.2, -0.15) is 0 Å². The lowest BCUT2D eigenvalue weighted by atomic mass is 9.93. The molecule has 2 fully saturated rings. The average molecular weight is 375 g/mol. The molecule has 0 unspecified atom stereocenters. The summed E-state index contributed by atoms with van der Waals surface area (Å²) < 4.78 is 14.2. The number of benzene rings is 1. The normalized spacial score (nSPS) is 20.5. The second-order valence-corrected chi connectivity index (χ2v) is 8.05. The van der Waals surface area contributed by atoms with Gasteiger partial charge in [0.15, 0.2) is 5.96 Å². The third-order valence-corrected chi connectivity index (χ3v) is 6.18. The zero-order chi connectivity index (χ0) is 19.1. The molecule has 3 rings (SSSR count). The molecule has 0 amide bonds. The number of guanidine groups is 1. The first-order valence-electron chi connectivity index (χ1n) is 10.7. The van der Waals surface area contributed by atoms with Gasteiger partial charge in [-0.1, -0.05) is 25.1 Å². The summed E-state index contributed by atoms with van der Waals surface area (Å²) in [6, 6.07) is 7.16. The van der Waals surface area contributed by atoms with Crippen LogP contribution in [0.2, 0.25) is 0 Å². The third kappa shape index (κ3) is 5.44. The van der Waals surface area contributed by atoms with Gasteiger partial charge in [0.2, 0.25) is 0 Å². The van der Waals surface area contributed by atoms with E-state index in [1.54, 1.807) is 12.1 Å². The lowest BCUT2D eigenvalue weighted by Gasteiger charge is -2.31. The molecule has 0 bridgehead atoms. The summed E-state index contributed by atoms with van der Waals surface area (Å²) >= 11 is 0. The van der Waals surface area contributed by atoms with Crippen molar-refractivity contribution < 1.29 is 4.39 Å². The van der Waals surface area contributed by atoms with Crippen molar-refractivity contribution in [1.82, 2.24) is 15.5 Å². The fraction of sp³-hybridized carbons (Fsp3) is 0.682. The minimum absolute atomic E-state index is 0.0958. The van der Waals surface area contributed by atoms with Crippen molar-refractivity contribution in [2.24, 2.45) is 10.9 Å². The number of aliphatic imine (C=N–C) groups is 1. The Morgan fingerprint density at radius 1 is 1.19 bits per heavy atom. The van der Waals surface area contributed by atoms with Gasteiger partial charge in [0.1, 0.15) is 5.82 Å². The van der Waals surface area contributed by atoms with Gasteiger partial charge in [-0.05, 0) is 76.2 Å². The highest BCUT2D eigenvalue weighted by molar-refractivity contribution is 5.79. The van der Waals surface area contributed by atoms with Gasteiger partial charge in [-0.3, -0.25) is 4.99 Å². The monoisotopic (exact) mass is 374 g/mol. The second kappa shape index (κ2) is 9.54. The van der Waals surface area contributed by atoms with Crippen molar-refractivity contribution in [2.45, 2.75) is 51.4 Å². The minimum Gasteiger partial charge on any atom is -0.357 e. The number of hydrogen-bond acceptors (Lipinski definition) is 2. The van der Waals surface area contributed by atoms with Crippen molar-refractivity contribution >= 4 is 5.96 Å². The first-order valence-corrected chi connectivity index (χ1v) is 10.7. The highest BCUT2D eigenvalue weighted by Gasteiger charge is 2.45. The molecule has 0 aromatic heterocycles. The Morgan fingerprint density at radius 2 is 1.93 bits per heavy atom. The molecule has 1 aliphatic heterocycles. The maximum Gasteiger partial charge on any atom is 0.191 e. The van der Waals surface area contributed by atoms with E-state index < -0.39 is 0 Å². The Balaban J connectivity index is 1.49. The Morgan fingerprint density at radius 3 is 2.56 bits per heavy atom. The highest BCUT2D eigenvalue weighted by atomic mass is 19.1. The number of halogens is 1. The molecule has 1 aromatic carbocycles. The zero-order valence-corrected chi connectivity index (χ0v) is 16.9. The van der Waals surface area contributed by atoms with Crippen LogP contribution in [0.1, 0.15) is 51.5 Å². The summed E-state index contributed by atoms with van der Waals surface area (Å²) in [5, 5.41) is 6.83. The maximum atomic E-state index is 14.2. The zero-order valence-electron chi connectivity index (χ0n) is 16.9. The summed E-state index contributed by atoms with van der Waals surface area (Å²) in [5.41, 5.74) is 0.730. The number of nitrogens with one attached hydrogen (secondary N) is 2. The molecule has 1 saturated heterocycles. The van der Waals surface area contributed by atoms with Crippen LogP contribution in [0.25, 0.3) is 0 Å². The van der Waals surface area contributed by atoms with Gasteiger partial charge in [0.05, 0.1) is 6.54 Å². The molecule has 150 valence electrons. The van der Waals surface area contributed by atoms with Crippen molar-refractivity contribution in [1.29, 1.82) is 0 Å². The van der Waals surface area contributed by atoms with Crippen LogP contribution in [0.4, 0.5) is 4.39 Å². The molecule has 1 saturated carbocycles. The summed E-state index contributed by atoms with van der Waals surface area (Å²) in [6.45, 7) is 10.4. The lowest BCUT2D eigenvalue weighted by Crippen LogP contribution is -2.40. The molecule has 4 nitrogen and oxygen atoms in total. The number of piperidine rings is 1. The van der Waals surface area contributed by atoms with Gasteiger partial charge >= 0.3 is 0 Å². The van der Waals surface area contributed by atoms with Gasteiger partial charge in [0, 0.05) is 18.5 Å². The largest absolute Gasteiger partial charge is 0.357 e. The Hall–Kier alpha value is -1.62. The predicted molar refractivity (Wildman–Crippen MR) is 111 cm³/mol. The number of rotatable bonds is 8. The van der Waals surface area contributed by atoms with Crippen LogP contribution in [-0.2, 0) is 5.41 Å². The molecule has 1 aliphatic carbocycles. The molecule has 2 N–H and O–H groups in total. The fourth-order valence-electron chi connectivity index (χ4n) is 4.11. The lowest BCUT2D eigenvalue weighted by molar-refractivity contribution is 0.187. The third-order valence-electron chi connectivity index (χ3n) is 6.18. The first-order chi connectivity index (χ1) is 13.2. The van der Waals surface area contributed by atoms with E-state index in [2.05, 4.69) is 29.4 Å². The topological polar surface area (TPSA) is 39.7 Å². The van der Waals surface area contributed by atoms with Crippen LogP contribution in [0.15, 0.2) is 29.3 Å². The van der Waals surface area contributed by atoms with Gasteiger partial charge in [-0.25, -0.2) is 4.39 Å². The first kappa shape index (κ1) is 20.1. The minimum atomic E-state index is -0.0966. The summed E-state index contributed by atoms with van der Waals surface area (Å²) in [7, 11) is 0. The van der Waals surface area contributed by atoms with Crippen LogP contribution in [0.3, 0.4) is 0 Å².